The van der Waals surface area contributed by atoms with Crippen LogP contribution in [-0.2, 0) is 12.6 Å². The summed E-state index contributed by atoms with van der Waals surface area (Å²) >= 11 is 0. The maximum absolute atomic E-state index is 12.6. The summed E-state index contributed by atoms with van der Waals surface area (Å²) in [7, 11) is 1.63. The predicted octanol–water partition coefficient (Wildman–Crippen LogP) is 4.90. The summed E-state index contributed by atoms with van der Waals surface area (Å²) < 4.78 is 43.0. The normalized spacial score (nSPS) is 11.1. The molecule has 8 heteroatoms. The Morgan fingerprint density at radius 2 is 1.61 bits per heavy atom. The molecule has 1 heterocycles. The van der Waals surface area contributed by atoms with Crippen molar-refractivity contribution in [3.63, 3.8) is 0 Å². The molecule has 0 aliphatic rings. The minimum atomic E-state index is -4.35. The molecule has 146 valence electrons. The number of hydrogen-bond acceptors (Lipinski definition) is 5. The molecule has 3 rings (SSSR count). The highest BCUT2D eigenvalue weighted by molar-refractivity contribution is 5.59. The van der Waals surface area contributed by atoms with Gasteiger partial charge in [-0.25, -0.2) is 9.97 Å². The summed E-state index contributed by atoms with van der Waals surface area (Å²) in [6.45, 7) is 0.670. The topological polar surface area (TPSA) is 59.1 Å². The molecule has 0 saturated heterocycles. The number of nitrogens with one attached hydrogen (secondary N) is 2. The summed E-state index contributed by atoms with van der Waals surface area (Å²) in [4.78, 5) is 8.25. The molecular formula is C20H19F3N4O. The molecule has 0 amide bonds. The fraction of sp³-hybridized carbons (Fsp3) is 0.200. The fourth-order valence-corrected chi connectivity index (χ4v) is 2.54. The van der Waals surface area contributed by atoms with Crippen LogP contribution in [0, 0.1) is 0 Å². The fourth-order valence-electron chi connectivity index (χ4n) is 2.54. The lowest BCUT2D eigenvalue weighted by Crippen LogP contribution is -2.07. The van der Waals surface area contributed by atoms with Gasteiger partial charge in [-0.3, -0.25) is 0 Å². The molecule has 0 saturated carbocycles. The van der Waals surface area contributed by atoms with Crippen molar-refractivity contribution in [2.24, 2.45) is 0 Å². The third-order valence-corrected chi connectivity index (χ3v) is 4.03. The zero-order valence-electron chi connectivity index (χ0n) is 15.1. The van der Waals surface area contributed by atoms with Crippen molar-refractivity contribution in [3.8, 4) is 5.75 Å². The molecule has 2 aromatic carbocycles. The molecule has 0 unspecified atom stereocenters. The first-order valence-electron chi connectivity index (χ1n) is 8.57. The second kappa shape index (κ2) is 8.60. The molecule has 28 heavy (non-hydrogen) atoms. The predicted molar refractivity (Wildman–Crippen MR) is 102 cm³/mol. The van der Waals surface area contributed by atoms with E-state index in [0.29, 0.717) is 23.9 Å². The van der Waals surface area contributed by atoms with E-state index in [9.17, 15) is 13.2 Å². The molecule has 3 aromatic rings. The van der Waals surface area contributed by atoms with E-state index in [-0.39, 0.29) is 0 Å². The van der Waals surface area contributed by atoms with Gasteiger partial charge in [0.2, 0.25) is 0 Å². The Morgan fingerprint density at radius 3 is 2.25 bits per heavy atom. The standard InChI is InChI=1S/C20H19F3N4O/c1-28-17-8-2-14(3-9-17)10-11-24-18-12-19(26-13-25-18)27-16-6-4-15(5-7-16)20(21,22)23/h2-9,12-13H,10-11H2,1H3,(H2,24,25,26,27). The molecule has 0 bridgehead atoms. The Morgan fingerprint density at radius 1 is 0.929 bits per heavy atom. The largest absolute Gasteiger partial charge is 0.497 e. The highest BCUT2D eigenvalue weighted by Gasteiger charge is 2.29. The monoisotopic (exact) mass is 388 g/mol. The average Bonchev–Trinajstić information content (AvgIpc) is 2.69. The lowest BCUT2D eigenvalue weighted by molar-refractivity contribution is -0.137. The van der Waals surface area contributed by atoms with Crippen LogP contribution in [0.25, 0.3) is 0 Å². The van der Waals surface area contributed by atoms with E-state index >= 15 is 0 Å². The van der Waals surface area contributed by atoms with Gasteiger partial charge in [-0.05, 0) is 48.4 Å². The Hall–Kier alpha value is -3.29. The Balaban J connectivity index is 1.56. The van der Waals surface area contributed by atoms with Crippen LogP contribution >= 0.6 is 0 Å². The average molecular weight is 388 g/mol. The van der Waals surface area contributed by atoms with Crippen molar-refractivity contribution < 1.29 is 17.9 Å². The lowest BCUT2D eigenvalue weighted by atomic mass is 10.1. The van der Waals surface area contributed by atoms with Crippen molar-refractivity contribution >= 4 is 17.3 Å². The van der Waals surface area contributed by atoms with Crippen LogP contribution in [0.5, 0.6) is 5.75 Å². The molecule has 0 atom stereocenters. The van der Waals surface area contributed by atoms with Crippen LogP contribution in [0.15, 0.2) is 60.9 Å². The van der Waals surface area contributed by atoms with Crippen molar-refractivity contribution in [3.05, 3.63) is 72.1 Å². The van der Waals surface area contributed by atoms with Gasteiger partial charge in [0.15, 0.2) is 0 Å². The summed E-state index contributed by atoms with van der Waals surface area (Å²) in [5, 5.41) is 6.18. The number of aromatic nitrogens is 2. The van der Waals surface area contributed by atoms with Crippen LogP contribution in [0.4, 0.5) is 30.5 Å². The third kappa shape index (κ3) is 5.35. The SMILES string of the molecule is COc1ccc(CCNc2cc(Nc3ccc(C(F)(F)F)cc3)ncn2)cc1. The summed E-state index contributed by atoms with van der Waals surface area (Å²) in [5.41, 5.74) is 0.975. The molecule has 5 nitrogen and oxygen atoms in total. The summed E-state index contributed by atoms with van der Waals surface area (Å²) in [5.74, 6) is 1.92. The zero-order valence-corrected chi connectivity index (χ0v) is 15.1. The Kier molecular flexibility index (Phi) is 5.98. The number of halogens is 3. The molecule has 1 aromatic heterocycles. The van der Waals surface area contributed by atoms with Gasteiger partial charge in [-0.15, -0.1) is 0 Å². The van der Waals surface area contributed by atoms with Crippen LogP contribution in [0.1, 0.15) is 11.1 Å². The van der Waals surface area contributed by atoms with E-state index in [4.69, 9.17) is 4.74 Å². The number of rotatable bonds is 7. The van der Waals surface area contributed by atoms with Crippen LogP contribution in [0.2, 0.25) is 0 Å². The quantitative estimate of drug-likeness (QED) is 0.603. The van der Waals surface area contributed by atoms with Crippen molar-refractivity contribution in [1.82, 2.24) is 9.97 Å². The first-order chi connectivity index (χ1) is 13.4. The number of methoxy groups -OCH3 is 1. The molecular weight excluding hydrogens is 369 g/mol. The molecule has 0 aliphatic carbocycles. The maximum Gasteiger partial charge on any atom is 0.416 e. The van der Waals surface area contributed by atoms with E-state index in [2.05, 4.69) is 20.6 Å². The zero-order chi connectivity index (χ0) is 20.0. The van der Waals surface area contributed by atoms with Gasteiger partial charge in [-0.2, -0.15) is 13.2 Å². The number of alkyl halides is 3. The van der Waals surface area contributed by atoms with Crippen molar-refractivity contribution in [2.45, 2.75) is 12.6 Å². The van der Waals surface area contributed by atoms with E-state index in [1.54, 1.807) is 13.2 Å². The molecule has 0 fully saturated rings. The summed E-state index contributed by atoms with van der Waals surface area (Å²) in [6.07, 6.45) is -2.16. The summed E-state index contributed by atoms with van der Waals surface area (Å²) in [6, 6.07) is 14.3. The Bertz CT molecular complexity index is 897. The van der Waals surface area contributed by atoms with Crippen molar-refractivity contribution in [2.75, 3.05) is 24.3 Å². The maximum atomic E-state index is 12.6. The first kappa shape index (κ1) is 19.5. The number of nitrogens with zero attached hydrogens (tertiary/aromatic N) is 2. The number of hydrogen-bond donors (Lipinski definition) is 2. The van der Waals surface area contributed by atoms with Gasteiger partial charge in [0.05, 0.1) is 12.7 Å². The highest BCUT2D eigenvalue weighted by atomic mass is 19.4. The second-order valence-corrected chi connectivity index (χ2v) is 6.01. The Labute approximate surface area is 160 Å². The third-order valence-electron chi connectivity index (χ3n) is 4.03. The van der Waals surface area contributed by atoms with Gasteiger partial charge < -0.3 is 15.4 Å². The molecule has 2 N–H and O–H groups in total. The number of ether oxygens (including phenoxy) is 1. The van der Waals surface area contributed by atoms with Crippen molar-refractivity contribution in [1.29, 1.82) is 0 Å². The minimum absolute atomic E-state index is 0.488. The van der Waals surface area contributed by atoms with E-state index in [1.165, 1.54) is 18.5 Å². The van der Waals surface area contributed by atoms with Crippen LogP contribution < -0.4 is 15.4 Å². The molecule has 0 radical (unpaired) electrons. The van der Waals surface area contributed by atoms with Gasteiger partial charge >= 0.3 is 6.18 Å². The van der Waals surface area contributed by atoms with Crippen LogP contribution in [-0.4, -0.2) is 23.6 Å². The second-order valence-electron chi connectivity index (χ2n) is 6.01. The van der Waals surface area contributed by atoms with E-state index in [1.807, 2.05) is 24.3 Å². The van der Waals surface area contributed by atoms with E-state index in [0.717, 1.165) is 29.9 Å². The van der Waals surface area contributed by atoms with Gasteiger partial charge in [0, 0.05) is 18.3 Å². The lowest BCUT2D eigenvalue weighted by Gasteiger charge is -2.10. The highest BCUT2D eigenvalue weighted by Crippen LogP contribution is 2.30. The molecule has 0 spiro atoms. The van der Waals surface area contributed by atoms with E-state index < -0.39 is 11.7 Å². The molecule has 0 aliphatic heterocycles. The van der Waals surface area contributed by atoms with Gasteiger partial charge in [0.1, 0.15) is 23.7 Å². The minimum Gasteiger partial charge on any atom is -0.497 e. The smallest absolute Gasteiger partial charge is 0.416 e. The van der Waals surface area contributed by atoms with Gasteiger partial charge in [0.25, 0.3) is 0 Å². The number of benzene rings is 2. The number of anilines is 3. The first-order valence-corrected chi connectivity index (χ1v) is 8.57. The van der Waals surface area contributed by atoms with Gasteiger partial charge in [-0.1, -0.05) is 12.1 Å². The van der Waals surface area contributed by atoms with Crippen LogP contribution in [0.3, 0.4) is 0 Å².